The molecule has 5 N–H and O–H groups in total. The van der Waals surface area contributed by atoms with Gasteiger partial charge in [0.25, 0.3) is 5.56 Å². The zero-order valence-corrected chi connectivity index (χ0v) is 18.2. The number of aromatic nitrogens is 4. The summed E-state index contributed by atoms with van der Waals surface area (Å²) in [5.41, 5.74) is 11.8. The molecule has 3 rings (SSSR count). The Labute approximate surface area is 189 Å². The minimum Gasteiger partial charge on any atom is -0.382 e. The Morgan fingerprint density at radius 1 is 1.22 bits per heavy atom. The lowest BCUT2D eigenvalue weighted by Gasteiger charge is -2.23. The average molecular weight is 452 g/mol. The van der Waals surface area contributed by atoms with Crippen LogP contribution in [0.2, 0.25) is 5.02 Å². The summed E-state index contributed by atoms with van der Waals surface area (Å²) in [6, 6.07) is 8.70. The van der Waals surface area contributed by atoms with Gasteiger partial charge in [-0.3, -0.25) is 9.36 Å². The first-order valence-electron chi connectivity index (χ1n) is 10.1. The lowest BCUT2D eigenvalue weighted by atomic mass is 10.1. The number of unbranched alkanes of at least 4 members (excludes halogenated alkanes) is 2. The monoisotopic (exact) mass is 451 g/mol. The molecule has 32 heavy (non-hydrogen) atoms. The van der Waals surface area contributed by atoms with Crippen molar-refractivity contribution < 1.29 is 0 Å². The summed E-state index contributed by atoms with van der Waals surface area (Å²) in [5.74, 6) is 0.514. The van der Waals surface area contributed by atoms with Gasteiger partial charge in [0.1, 0.15) is 23.3 Å². The van der Waals surface area contributed by atoms with Crippen molar-refractivity contribution in [1.29, 1.82) is 10.5 Å². The molecule has 164 valence electrons. The minimum absolute atomic E-state index is 0.0375. The zero-order chi connectivity index (χ0) is 23.3. The van der Waals surface area contributed by atoms with E-state index in [0.717, 1.165) is 0 Å². The van der Waals surface area contributed by atoms with E-state index in [1.54, 1.807) is 22.8 Å². The molecule has 0 aliphatic carbocycles. The number of fused-ring (bicyclic) bond motifs is 1. The Hall–Kier alpha value is -3.89. The summed E-state index contributed by atoms with van der Waals surface area (Å²) in [6.07, 6.45) is 2.17. The Morgan fingerprint density at radius 3 is 2.69 bits per heavy atom. The van der Waals surface area contributed by atoms with Gasteiger partial charge in [0.05, 0.1) is 28.0 Å². The first kappa shape index (κ1) is 22.8. The smallest absolute Gasteiger partial charge is 0.262 e. The number of hydrogen-bond donors (Lipinski definition) is 3. The molecule has 1 atom stereocenters. The third-order valence-electron chi connectivity index (χ3n) is 4.98. The quantitative estimate of drug-likeness (QED) is 0.434. The van der Waals surface area contributed by atoms with Crippen molar-refractivity contribution in [2.75, 3.05) is 16.8 Å². The molecule has 0 spiro atoms. The van der Waals surface area contributed by atoms with Crippen LogP contribution < -0.4 is 22.3 Å². The molecular weight excluding hydrogens is 430 g/mol. The first-order chi connectivity index (χ1) is 15.4. The van der Waals surface area contributed by atoms with Crippen LogP contribution in [0.3, 0.4) is 0 Å². The van der Waals surface area contributed by atoms with Crippen molar-refractivity contribution in [3.8, 4) is 12.1 Å². The number of nitrogens with zero attached hydrogens (tertiary/aromatic N) is 6. The summed E-state index contributed by atoms with van der Waals surface area (Å²) in [4.78, 5) is 26.0. The maximum Gasteiger partial charge on any atom is 0.262 e. The second-order valence-electron chi connectivity index (χ2n) is 7.08. The molecule has 11 heteroatoms. The lowest BCUT2D eigenvalue weighted by Crippen LogP contribution is -2.30. The van der Waals surface area contributed by atoms with Crippen molar-refractivity contribution in [2.24, 2.45) is 0 Å². The highest BCUT2D eigenvalue weighted by atomic mass is 35.5. The van der Waals surface area contributed by atoms with Gasteiger partial charge in [-0.1, -0.05) is 24.6 Å². The van der Waals surface area contributed by atoms with Gasteiger partial charge in [0.2, 0.25) is 5.95 Å². The van der Waals surface area contributed by atoms with Gasteiger partial charge < -0.3 is 16.8 Å². The summed E-state index contributed by atoms with van der Waals surface area (Å²) in [6.45, 7) is 2.27. The molecule has 0 saturated heterocycles. The Kier molecular flexibility index (Phi) is 7.08. The van der Waals surface area contributed by atoms with Crippen LogP contribution in [-0.4, -0.2) is 19.5 Å². The van der Waals surface area contributed by atoms with E-state index in [9.17, 15) is 10.1 Å². The fourth-order valence-corrected chi connectivity index (χ4v) is 3.67. The van der Waals surface area contributed by atoms with Gasteiger partial charge in [-0.05, 0) is 31.4 Å². The number of nitriles is 2. The van der Waals surface area contributed by atoms with Crippen molar-refractivity contribution in [3.63, 3.8) is 0 Å². The third-order valence-corrected chi connectivity index (χ3v) is 5.29. The van der Waals surface area contributed by atoms with Crippen molar-refractivity contribution in [1.82, 2.24) is 19.5 Å². The summed E-state index contributed by atoms with van der Waals surface area (Å²) in [7, 11) is 0. The van der Waals surface area contributed by atoms with E-state index in [-0.39, 0.29) is 28.7 Å². The molecule has 0 fully saturated rings. The van der Waals surface area contributed by atoms with Crippen LogP contribution in [-0.2, 0) is 6.54 Å². The van der Waals surface area contributed by atoms with Crippen LogP contribution in [0.25, 0.3) is 10.9 Å². The highest BCUT2D eigenvalue weighted by molar-refractivity contribution is 6.35. The maximum atomic E-state index is 13.4. The van der Waals surface area contributed by atoms with Crippen LogP contribution >= 0.6 is 11.6 Å². The first-order valence-corrected chi connectivity index (χ1v) is 10.4. The molecule has 3 aromatic rings. The Bertz CT molecular complexity index is 1290. The molecule has 2 aromatic heterocycles. The zero-order valence-electron chi connectivity index (χ0n) is 17.5. The molecule has 0 saturated carbocycles. The highest BCUT2D eigenvalue weighted by Gasteiger charge is 2.22. The number of hydrogen-bond acceptors (Lipinski definition) is 9. The summed E-state index contributed by atoms with van der Waals surface area (Å²) < 4.78 is 1.56. The number of nitrogens with one attached hydrogen (secondary N) is 1. The molecule has 10 nitrogen and oxygen atoms in total. The normalized spacial score (nSPS) is 11.6. The molecule has 2 heterocycles. The molecular formula is C21H22ClN9O. The van der Waals surface area contributed by atoms with E-state index < -0.39 is 6.04 Å². The Balaban J connectivity index is 2.14. The predicted molar refractivity (Wildman–Crippen MR) is 123 cm³/mol. The van der Waals surface area contributed by atoms with E-state index in [0.29, 0.717) is 54.0 Å². The number of anilines is 3. The van der Waals surface area contributed by atoms with Crippen molar-refractivity contribution in [3.05, 3.63) is 45.0 Å². The predicted octanol–water partition coefficient (Wildman–Crippen LogP) is 3.13. The summed E-state index contributed by atoms with van der Waals surface area (Å²) in [5, 5.41) is 22.1. The number of nitrogen functional groups attached to an aromatic ring is 2. The SMILES string of the molecule is CC[C@H](Nc1nc(N)nc(N)c1C#N)c1nc2cccc(Cl)c2c(=O)n1CCCCC#N. The number of halogens is 1. The third kappa shape index (κ3) is 4.56. The second kappa shape index (κ2) is 9.94. The molecule has 1 aromatic carbocycles. The number of rotatable bonds is 8. The van der Waals surface area contributed by atoms with Gasteiger partial charge >= 0.3 is 0 Å². The van der Waals surface area contributed by atoms with Gasteiger partial charge in [-0.2, -0.15) is 20.5 Å². The molecule has 0 aliphatic heterocycles. The lowest BCUT2D eigenvalue weighted by molar-refractivity contribution is 0.536. The van der Waals surface area contributed by atoms with E-state index in [4.69, 9.17) is 33.3 Å². The molecule has 0 aliphatic rings. The maximum absolute atomic E-state index is 13.4. The second-order valence-corrected chi connectivity index (χ2v) is 7.49. The molecule has 0 amide bonds. The fraction of sp³-hybridized carbons (Fsp3) is 0.333. The van der Waals surface area contributed by atoms with E-state index in [1.165, 1.54) is 0 Å². The fourth-order valence-electron chi connectivity index (χ4n) is 3.42. The van der Waals surface area contributed by atoms with Gasteiger partial charge in [-0.25, -0.2) is 4.98 Å². The van der Waals surface area contributed by atoms with Crippen LogP contribution in [0.1, 0.15) is 50.0 Å². The largest absolute Gasteiger partial charge is 0.382 e. The van der Waals surface area contributed by atoms with Gasteiger partial charge in [-0.15, -0.1) is 0 Å². The average Bonchev–Trinajstić information content (AvgIpc) is 2.75. The van der Waals surface area contributed by atoms with Crippen LogP contribution in [0.5, 0.6) is 0 Å². The van der Waals surface area contributed by atoms with Crippen molar-refractivity contribution in [2.45, 2.75) is 45.2 Å². The highest BCUT2D eigenvalue weighted by Crippen LogP contribution is 2.27. The van der Waals surface area contributed by atoms with E-state index in [2.05, 4.69) is 21.4 Å². The molecule has 0 unspecified atom stereocenters. The standard InChI is InChI=1S/C21H22ClN9O/c1-2-14(27-18-12(11-24)17(25)29-21(26)30-18)19-28-15-8-6-7-13(22)16(15)20(32)31(19)10-5-3-4-9-23/h6-8,14H,2-5,10H2,1H3,(H5,25,26,27,29,30)/t14-/m0/s1. The van der Waals surface area contributed by atoms with Crippen LogP contribution in [0, 0.1) is 22.7 Å². The molecule has 0 bridgehead atoms. The minimum atomic E-state index is -0.483. The van der Waals surface area contributed by atoms with Gasteiger partial charge in [0, 0.05) is 13.0 Å². The molecule has 0 radical (unpaired) electrons. The topological polar surface area (TPSA) is 172 Å². The number of benzene rings is 1. The van der Waals surface area contributed by atoms with Crippen LogP contribution in [0.4, 0.5) is 17.6 Å². The summed E-state index contributed by atoms with van der Waals surface area (Å²) >= 11 is 6.30. The van der Waals surface area contributed by atoms with Crippen molar-refractivity contribution >= 4 is 40.1 Å². The van der Waals surface area contributed by atoms with E-state index >= 15 is 0 Å². The van der Waals surface area contributed by atoms with Gasteiger partial charge in [0.15, 0.2) is 5.82 Å². The Morgan fingerprint density at radius 2 is 2.00 bits per heavy atom. The van der Waals surface area contributed by atoms with Crippen LogP contribution in [0.15, 0.2) is 23.0 Å². The number of nitrogens with two attached hydrogens (primary N) is 2. The van der Waals surface area contributed by atoms with E-state index in [1.807, 2.05) is 13.0 Å².